The number of carbonyl (C=O) groups is 1. The summed E-state index contributed by atoms with van der Waals surface area (Å²) in [6, 6.07) is 0.617. The SMILES string of the molecule is C=CC[N+]1([C@H]2C[C@H]3[C@@H]4CC[C@H]5C[C@H](OC(C)=O)[C@@H](N6CCC7(CC6)OCCO7)C[C@]5(C)[C@H]4CC[C@]3(C)[C@H]2O)CCCC1.[Br-]. The number of halogens is 1. The van der Waals surface area contributed by atoms with Crippen LogP contribution in [0.25, 0.3) is 0 Å². The van der Waals surface area contributed by atoms with Crippen LogP contribution in [0.3, 0.4) is 0 Å². The van der Waals surface area contributed by atoms with Gasteiger partial charge >= 0.3 is 5.97 Å². The number of nitrogens with zero attached hydrogens (tertiary/aromatic N) is 2. The third-order valence-corrected chi connectivity index (χ3v) is 14.4. The van der Waals surface area contributed by atoms with E-state index >= 15 is 0 Å². The Labute approximate surface area is 270 Å². The molecule has 0 aromatic rings. The van der Waals surface area contributed by atoms with E-state index in [-0.39, 0.29) is 57.8 Å². The van der Waals surface area contributed by atoms with E-state index in [1.807, 2.05) is 0 Å². The van der Waals surface area contributed by atoms with E-state index in [9.17, 15) is 9.90 Å². The fraction of sp³-hybridized carbons (Fsp3) is 0.914. The van der Waals surface area contributed by atoms with E-state index < -0.39 is 0 Å². The summed E-state index contributed by atoms with van der Waals surface area (Å²) in [5.74, 6) is 2.04. The molecule has 7 rings (SSSR count). The molecule has 8 heteroatoms. The second-order valence-corrected chi connectivity index (χ2v) is 16.1. The van der Waals surface area contributed by atoms with Gasteiger partial charge in [-0.3, -0.25) is 9.69 Å². The average molecular weight is 666 g/mol. The molecule has 1 N–H and O–H groups in total. The fourth-order valence-electron chi connectivity index (χ4n) is 12.3. The number of hydrogen-bond donors (Lipinski definition) is 1. The van der Waals surface area contributed by atoms with Crippen molar-refractivity contribution in [2.24, 2.45) is 34.5 Å². The lowest BCUT2D eigenvalue weighted by Gasteiger charge is -2.62. The van der Waals surface area contributed by atoms with Gasteiger partial charge in [-0.25, -0.2) is 0 Å². The van der Waals surface area contributed by atoms with Gasteiger partial charge in [-0.15, -0.1) is 0 Å². The highest BCUT2D eigenvalue weighted by Crippen LogP contribution is 2.67. The highest BCUT2D eigenvalue weighted by molar-refractivity contribution is 5.66. The lowest BCUT2D eigenvalue weighted by atomic mass is 9.44. The summed E-state index contributed by atoms with van der Waals surface area (Å²) >= 11 is 0. The average Bonchev–Trinajstić information content (AvgIpc) is 3.69. The van der Waals surface area contributed by atoms with Crippen LogP contribution in [0.15, 0.2) is 12.7 Å². The highest BCUT2D eigenvalue weighted by Gasteiger charge is 2.66. The number of esters is 1. The number of aliphatic hydroxyl groups is 1. The monoisotopic (exact) mass is 664 g/mol. The Kier molecular flexibility index (Phi) is 9.00. The van der Waals surface area contributed by atoms with Gasteiger partial charge in [-0.2, -0.15) is 0 Å². The van der Waals surface area contributed by atoms with Crippen molar-refractivity contribution >= 4 is 5.97 Å². The molecular formula is C35H57BrN2O5. The normalized spacial score (nSPS) is 46.8. The predicted molar refractivity (Wildman–Crippen MR) is 161 cm³/mol. The zero-order valence-corrected chi connectivity index (χ0v) is 28.6. The molecule has 7 aliphatic rings. The quantitative estimate of drug-likeness (QED) is 0.275. The molecule has 4 aliphatic carbocycles. The molecule has 0 bridgehead atoms. The molecule has 43 heavy (non-hydrogen) atoms. The Morgan fingerprint density at radius 3 is 2.37 bits per heavy atom. The van der Waals surface area contributed by atoms with Crippen molar-refractivity contribution in [2.75, 3.05) is 45.9 Å². The van der Waals surface area contributed by atoms with Crippen molar-refractivity contribution in [3.05, 3.63) is 12.7 Å². The smallest absolute Gasteiger partial charge is 0.302 e. The van der Waals surface area contributed by atoms with Gasteiger partial charge in [0.25, 0.3) is 0 Å². The number of ether oxygens (including phenoxy) is 3. The molecule has 0 unspecified atom stereocenters. The van der Waals surface area contributed by atoms with E-state index in [0.717, 1.165) is 56.2 Å². The summed E-state index contributed by atoms with van der Waals surface area (Å²) in [4.78, 5) is 14.9. The molecule has 7 fully saturated rings. The predicted octanol–water partition coefficient (Wildman–Crippen LogP) is 1.92. The number of fused-ring (bicyclic) bond motifs is 5. The molecule has 10 atom stereocenters. The summed E-state index contributed by atoms with van der Waals surface area (Å²) in [7, 11) is 0. The summed E-state index contributed by atoms with van der Waals surface area (Å²) < 4.78 is 19.3. The summed E-state index contributed by atoms with van der Waals surface area (Å²) in [6.07, 6.45) is 14.4. The van der Waals surface area contributed by atoms with Crippen molar-refractivity contribution in [1.29, 1.82) is 0 Å². The largest absolute Gasteiger partial charge is 1.00 e. The van der Waals surface area contributed by atoms with Gasteiger partial charge in [0.15, 0.2) is 5.79 Å². The number of likely N-dealkylation sites (tertiary alicyclic amines) is 2. The molecule has 3 aliphatic heterocycles. The maximum Gasteiger partial charge on any atom is 0.302 e. The molecule has 7 nitrogen and oxygen atoms in total. The first kappa shape index (κ1) is 32.4. The molecule has 3 saturated heterocycles. The van der Waals surface area contributed by atoms with Crippen molar-refractivity contribution in [2.45, 2.75) is 121 Å². The van der Waals surface area contributed by atoms with Crippen LogP contribution in [0.1, 0.15) is 91.4 Å². The van der Waals surface area contributed by atoms with Crippen LogP contribution < -0.4 is 17.0 Å². The molecule has 4 saturated carbocycles. The van der Waals surface area contributed by atoms with Crippen LogP contribution in [0.2, 0.25) is 0 Å². The summed E-state index contributed by atoms with van der Waals surface area (Å²) in [6.45, 7) is 17.5. The van der Waals surface area contributed by atoms with Crippen LogP contribution in [-0.2, 0) is 19.0 Å². The first-order chi connectivity index (χ1) is 20.1. The zero-order valence-electron chi connectivity index (χ0n) is 27.0. The number of piperidine rings is 1. The minimum Gasteiger partial charge on any atom is -1.00 e. The van der Waals surface area contributed by atoms with Gasteiger partial charge in [0.2, 0.25) is 0 Å². The van der Waals surface area contributed by atoms with Gasteiger partial charge < -0.3 is 40.8 Å². The minimum atomic E-state index is -0.390. The maximum atomic E-state index is 12.3. The lowest BCUT2D eigenvalue weighted by molar-refractivity contribution is -0.938. The van der Waals surface area contributed by atoms with Crippen molar-refractivity contribution in [1.82, 2.24) is 4.90 Å². The first-order valence-electron chi connectivity index (χ1n) is 17.5. The Balaban J connectivity index is 0.00000329. The number of hydrogen-bond acceptors (Lipinski definition) is 6. The second-order valence-electron chi connectivity index (χ2n) is 16.1. The standard InChI is InChI=1S/C35H57N2O5.BrH/c1-5-16-37(17-6-7-18-37)30-22-28-26-9-8-25-21-31(42-24(2)38)29(36-14-12-35(13-15-36)40-19-20-41-35)23-34(25,4)27(26)10-11-33(28,3)32(30)39;/h5,25-32,39H,1,6-23H2,2-4H3;1H/q+1;/p-1/t25-,26+,27-,28-,29-,30-,31-,32-,33-,34-;/m0./s1. The topological polar surface area (TPSA) is 68.2 Å². The molecule has 244 valence electrons. The summed E-state index contributed by atoms with van der Waals surface area (Å²) in [5, 5.41) is 12.1. The van der Waals surface area contributed by atoms with Gasteiger partial charge in [0.1, 0.15) is 18.2 Å². The van der Waals surface area contributed by atoms with Crippen molar-refractivity contribution in [3.8, 4) is 0 Å². The molecule has 0 amide bonds. The van der Waals surface area contributed by atoms with E-state index in [4.69, 9.17) is 14.2 Å². The Morgan fingerprint density at radius 1 is 1.02 bits per heavy atom. The van der Waals surface area contributed by atoms with Crippen molar-refractivity contribution in [3.63, 3.8) is 0 Å². The molecule has 0 radical (unpaired) electrons. The maximum absolute atomic E-state index is 12.3. The van der Waals surface area contributed by atoms with Crippen LogP contribution in [0.5, 0.6) is 0 Å². The lowest BCUT2D eigenvalue weighted by Crippen LogP contribution is -3.00. The summed E-state index contributed by atoms with van der Waals surface area (Å²) in [5.41, 5.74) is 0.270. The van der Waals surface area contributed by atoms with Crippen LogP contribution in [0.4, 0.5) is 0 Å². The van der Waals surface area contributed by atoms with Gasteiger partial charge in [-0.1, -0.05) is 20.4 Å². The molecular weight excluding hydrogens is 608 g/mol. The second kappa shape index (κ2) is 11.9. The van der Waals surface area contributed by atoms with Crippen LogP contribution >= 0.6 is 0 Å². The van der Waals surface area contributed by atoms with Gasteiger partial charge in [0.05, 0.1) is 32.8 Å². The molecule has 0 aromatic heterocycles. The molecule has 3 heterocycles. The third-order valence-electron chi connectivity index (χ3n) is 14.4. The number of aliphatic hydroxyl groups excluding tert-OH is 1. The van der Waals surface area contributed by atoms with E-state index in [2.05, 4.69) is 31.4 Å². The number of rotatable bonds is 5. The van der Waals surface area contributed by atoms with E-state index in [1.165, 1.54) is 51.6 Å². The highest BCUT2D eigenvalue weighted by atomic mass is 79.9. The third kappa shape index (κ3) is 5.21. The Morgan fingerprint density at radius 2 is 1.72 bits per heavy atom. The number of quaternary nitrogens is 1. The molecule has 0 aromatic carbocycles. The van der Waals surface area contributed by atoms with Crippen LogP contribution in [-0.4, -0.2) is 96.5 Å². The fourth-order valence-corrected chi connectivity index (χ4v) is 12.3. The van der Waals surface area contributed by atoms with Gasteiger partial charge in [0, 0.05) is 63.6 Å². The van der Waals surface area contributed by atoms with E-state index in [1.54, 1.807) is 6.92 Å². The van der Waals surface area contributed by atoms with Crippen LogP contribution in [0, 0.1) is 34.5 Å². The van der Waals surface area contributed by atoms with Gasteiger partial charge in [-0.05, 0) is 73.7 Å². The minimum absolute atomic E-state index is 0. The Hall–Kier alpha value is -0.510. The first-order valence-corrected chi connectivity index (χ1v) is 17.5. The molecule has 1 spiro atoms. The van der Waals surface area contributed by atoms with Crippen molar-refractivity contribution < 1.29 is 45.6 Å². The zero-order chi connectivity index (χ0) is 29.3. The Bertz CT molecular complexity index is 1040. The number of carbonyl (C=O) groups excluding carboxylic acids is 1. The van der Waals surface area contributed by atoms with E-state index in [0.29, 0.717) is 42.9 Å².